The van der Waals surface area contributed by atoms with Crippen molar-refractivity contribution in [3.05, 3.63) is 172 Å². The van der Waals surface area contributed by atoms with Gasteiger partial charge in [-0.25, -0.2) is 22.8 Å². The van der Waals surface area contributed by atoms with Gasteiger partial charge in [-0.15, -0.1) is 0 Å². The summed E-state index contributed by atoms with van der Waals surface area (Å²) >= 11 is 3.78. The molecule has 0 aromatic heterocycles. The summed E-state index contributed by atoms with van der Waals surface area (Å²) < 4.78 is 90.6. The number of nitrogens with one attached hydrogen (secondary N) is 1. The van der Waals surface area contributed by atoms with Crippen molar-refractivity contribution in [2.75, 3.05) is 26.4 Å². The molecule has 0 heterocycles. The number of benzene rings is 5. The summed E-state index contributed by atoms with van der Waals surface area (Å²) in [5.41, 5.74) is 8.06. The smallest absolute Gasteiger partial charge is 0.508 e. The van der Waals surface area contributed by atoms with E-state index in [2.05, 4.69) is 67.5 Å². The van der Waals surface area contributed by atoms with Crippen LogP contribution in [0.1, 0.15) is 67.5 Å². The fraction of sp³-hybridized carbons (Fsp3) is 0.333. The minimum atomic E-state index is -2.43. The highest BCUT2D eigenvalue weighted by Gasteiger charge is 2.39. The minimum Gasteiger partial charge on any atom is -0.645 e. The molecule has 386 valence electrons. The lowest BCUT2D eigenvalue weighted by Crippen LogP contribution is -2.44. The SMILES string of the molecule is CC(CO)(COC(=O)OCc1ccccc1)C(=O)Oc1c(F)c(F)c(F)c(F)c1F.CCC.Cc1cccc(CN)c1.Cc1cccc(CNC(=O)C(C)(CO)COC(=O)OCc2ccccc2)c1.[P-]=S. The summed E-state index contributed by atoms with van der Waals surface area (Å²) in [7, 11) is 3.11. The zero-order chi connectivity index (χ0) is 53.6. The van der Waals surface area contributed by atoms with Crippen LogP contribution in [-0.4, -0.2) is 60.8 Å². The van der Waals surface area contributed by atoms with Gasteiger partial charge in [0.25, 0.3) is 0 Å². The predicted molar refractivity (Wildman–Crippen MR) is 260 cm³/mol. The Balaban J connectivity index is 0.000000561. The first-order chi connectivity index (χ1) is 33.8. The highest BCUT2D eigenvalue weighted by atomic mass is 32.4. The van der Waals surface area contributed by atoms with E-state index in [-0.39, 0.29) is 19.8 Å². The molecule has 0 aliphatic carbocycles. The molecule has 1 amide bonds. The Kier molecular flexibility index (Phi) is 29.3. The minimum absolute atomic E-state index is 0.0784. The summed E-state index contributed by atoms with van der Waals surface area (Å²) in [6.07, 6.45) is -0.868. The average molecular weight is 1030 g/mol. The number of aliphatic hydroxyl groups is 2. The van der Waals surface area contributed by atoms with Gasteiger partial charge >= 0.3 is 18.3 Å². The molecule has 5 rings (SSSR count). The van der Waals surface area contributed by atoms with E-state index >= 15 is 0 Å². The van der Waals surface area contributed by atoms with E-state index in [1.807, 2.05) is 73.7 Å². The molecular weight excluding hydrogens is 975 g/mol. The standard InChI is InChI=1S/C21H25NO5.C19H15F5O6.C8H11N.C3H8.PS/c1-16-7-6-10-18(11-16)12-22-19(24)21(2,14-23)15-27-20(25)26-13-17-8-4-3-5-9-17;1-19(8-25,9-29-18(27)28-7-10-5-3-2-4-6-10)17(26)30-16-14(23)12(21)11(20)13(22)15(16)24;1-7-3-2-4-8(5-7)6-9;1-3-2;1-2/h3-11,23H,12-15H2,1-2H3,(H,22,24);2-6,25H,7-9H2,1H3;2-5H,6,9H2,1H3;3H2,1-2H3;/q;;;;-1. The summed E-state index contributed by atoms with van der Waals surface area (Å²) in [5, 5.41) is 21.8. The van der Waals surface area contributed by atoms with Crippen LogP contribution < -0.4 is 15.8 Å². The maximum Gasteiger partial charge on any atom is 0.508 e. The van der Waals surface area contributed by atoms with Gasteiger partial charge in [-0.2, -0.15) is 8.78 Å². The predicted octanol–water partition coefficient (Wildman–Crippen LogP) is 10.3. The van der Waals surface area contributed by atoms with E-state index in [0.29, 0.717) is 18.7 Å². The molecule has 0 saturated carbocycles. The van der Waals surface area contributed by atoms with Crippen LogP contribution >= 0.6 is 8.02 Å². The average Bonchev–Trinajstić information content (AvgIpc) is 3.39. The maximum atomic E-state index is 13.7. The zero-order valence-electron chi connectivity index (χ0n) is 40.1. The molecule has 71 heavy (non-hydrogen) atoms. The third kappa shape index (κ3) is 22.1. The number of carbonyl (C=O) groups excluding carboxylic acids is 4. The number of amides is 1. The van der Waals surface area contributed by atoms with E-state index in [1.54, 1.807) is 30.3 Å². The second-order valence-corrected chi connectivity index (χ2v) is 15.9. The number of aryl methyl sites for hydroxylation is 2. The quantitative estimate of drug-likeness (QED) is 0.0182. The number of ether oxygens (including phenoxy) is 5. The van der Waals surface area contributed by atoms with Crippen LogP contribution in [0.15, 0.2) is 109 Å². The maximum absolute atomic E-state index is 13.7. The van der Waals surface area contributed by atoms with Gasteiger partial charge in [-0.3, -0.25) is 9.59 Å². The second-order valence-electron chi connectivity index (χ2n) is 15.9. The first-order valence-corrected chi connectivity index (χ1v) is 23.1. The highest BCUT2D eigenvalue weighted by molar-refractivity contribution is 7.88. The number of carbonyl (C=O) groups is 4. The Labute approximate surface area is 417 Å². The van der Waals surface area contributed by atoms with E-state index in [1.165, 1.54) is 24.5 Å². The topological polar surface area (TPSA) is 193 Å². The van der Waals surface area contributed by atoms with Crippen molar-refractivity contribution >= 4 is 44.0 Å². The first-order valence-electron chi connectivity index (χ1n) is 21.7. The van der Waals surface area contributed by atoms with Gasteiger partial charge in [0.2, 0.25) is 40.7 Å². The number of nitrogens with two attached hydrogens (primary N) is 1. The van der Waals surface area contributed by atoms with Gasteiger partial charge in [0.05, 0.1) is 13.2 Å². The lowest BCUT2D eigenvalue weighted by atomic mass is 9.91. The number of halogens is 5. The van der Waals surface area contributed by atoms with Crippen LogP contribution in [0.25, 0.3) is 0 Å². The molecule has 13 nitrogen and oxygen atoms in total. The van der Waals surface area contributed by atoms with Crippen molar-refractivity contribution in [2.24, 2.45) is 16.6 Å². The molecule has 0 spiro atoms. The van der Waals surface area contributed by atoms with Crippen molar-refractivity contribution < 1.29 is 75.0 Å². The molecular formula is C51H59F5N2O11PS-. The molecule has 5 aromatic carbocycles. The molecule has 20 heteroatoms. The summed E-state index contributed by atoms with van der Waals surface area (Å²) in [6, 6.07) is 33.6. The molecule has 0 fully saturated rings. The molecule has 2 atom stereocenters. The van der Waals surface area contributed by atoms with Crippen molar-refractivity contribution in [3.63, 3.8) is 0 Å². The van der Waals surface area contributed by atoms with Crippen LogP contribution in [-0.2, 0) is 66.6 Å². The monoisotopic (exact) mass is 1030 g/mol. The van der Waals surface area contributed by atoms with Crippen LogP contribution in [0.2, 0.25) is 0 Å². The van der Waals surface area contributed by atoms with Gasteiger partial charge in [0.1, 0.15) is 37.3 Å². The molecule has 5 aromatic rings. The van der Waals surface area contributed by atoms with Crippen LogP contribution in [0.5, 0.6) is 5.75 Å². The summed E-state index contributed by atoms with van der Waals surface area (Å²) in [5.74, 6) is -15.7. The molecule has 0 aliphatic heterocycles. The summed E-state index contributed by atoms with van der Waals surface area (Å²) in [4.78, 5) is 48.0. The van der Waals surface area contributed by atoms with Crippen molar-refractivity contribution in [1.29, 1.82) is 0 Å². The number of hydrogen-bond acceptors (Lipinski definition) is 13. The third-order valence-electron chi connectivity index (χ3n) is 9.37. The van der Waals surface area contributed by atoms with Gasteiger partial charge in [0.15, 0.2) is 0 Å². The van der Waals surface area contributed by atoms with E-state index < -0.39 is 89.7 Å². The lowest BCUT2D eigenvalue weighted by Gasteiger charge is -2.25. The molecule has 0 saturated heterocycles. The Morgan fingerprint density at radius 2 is 0.972 bits per heavy atom. The van der Waals surface area contributed by atoms with E-state index in [0.717, 1.165) is 23.6 Å². The van der Waals surface area contributed by atoms with Crippen molar-refractivity contribution in [3.8, 4) is 5.75 Å². The third-order valence-corrected chi connectivity index (χ3v) is 9.37. The number of aliphatic hydroxyl groups excluding tert-OH is 2. The molecule has 2 unspecified atom stereocenters. The number of rotatable bonds is 16. The first kappa shape index (κ1) is 62.6. The van der Waals surface area contributed by atoms with Crippen molar-refractivity contribution in [2.45, 2.75) is 74.3 Å². The Bertz CT molecular complexity index is 2400. The Morgan fingerprint density at radius 1 is 0.592 bits per heavy atom. The van der Waals surface area contributed by atoms with Crippen LogP contribution in [0.4, 0.5) is 31.5 Å². The van der Waals surface area contributed by atoms with Gasteiger partial charge < -0.3 is 64.8 Å². The van der Waals surface area contributed by atoms with Crippen molar-refractivity contribution in [1.82, 2.24) is 5.32 Å². The highest BCUT2D eigenvalue weighted by Crippen LogP contribution is 2.31. The summed E-state index contributed by atoms with van der Waals surface area (Å²) in [6.45, 7) is 9.02. The van der Waals surface area contributed by atoms with Gasteiger partial charge in [0, 0.05) is 13.1 Å². The zero-order valence-corrected chi connectivity index (χ0v) is 41.9. The van der Waals surface area contributed by atoms with E-state index in [4.69, 9.17) is 19.9 Å². The van der Waals surface area contributed by atoms with E-state index in [9.17, 15) is 51.3 Å². The van der Waals surface area contributed by atoms with Crippen LogP contribution in [0, 0.1) is 53.8 Å². The lowest BCUT2D eigenvalue weighted by molar-refractivity contribution is -0.151. The molecule has 5 N–H and O–H groups in total. The van der Waals surface area contributed by atoms with Gasteiger partial charge in [-0.1, -0.05) is 141 Å². The number of esters is 1. The Hall–Kier alpha value is -6.37. The normalized spacial score (nSPS) is 11.7. The largest absolute Gasteiger partial charge is 0.645 e. The second kappa shape index (κ2) is 33.3. The fourth-order valence-corrected chi connectivity index (χ4v) is 5.25. The molecule has 0 radical (unpaired) electrons. The number of hydrogen-bond donors (Lipinski definition) is 4. The van der Waals surface area contributed by atoms with Gasteiger partial charge in [-0.05, 0) is 49.9 Å². The fourth-order valence-electron chi connectivity index (χ4n) is 5.25. The molecule has 0 bridgehead atoms. The molecule has 0 aliphatic rings. The van der Waals surface area contributed by atoms with Crippen LogP contribution in [0.3, 0.4) is 0 Å². The Morgan fingerprint density at radius 3 is 1.37 bits per heavy atom.